The molecule has 2 rings (SSSR count). The van der Waals surface area contributed by atoms with E-state index in [4.69, 9.17) is 5.11 Å². The Hall–Kier alpha value is -1.30. The van der Waals surface area contributed by atoms with E-state index in [0.29, 0.717) is 25.4 Å². The summed E-state index contributed by atoms with van der Waals surface area (Å²) in [5, 5.41) is 21.0. The summed E-state index contributed by atoms with van der Waals surface area (Å²) in [6.45, 7) is 1.40. The van der Waals surface area contributed by atoms with Crippen LogP contribution in [0.5, 0.6) is 0 Å². The Balaban J connectivity index is 1.88. The summed E-state index contributed by atoms with van der Waals surface area (Å²) in [6, 6.07) is -1.04. The number of hydrogen-bond donors (Lipinski definition) is 3. The normalized spacial score (nSPS) is 24.8. The van der Waals surface area contributed by atoms with Gasteiger partial charge >= 0.3 is 12.0 Å². The second-order valence-corrected chi connectivity index (χ2v) is 6.28. The number of hydrogen-bond acceptors (Lipinski definition) is 3. The first-order valence-corrected chi connectivity index (χ1v) is 8.01. The largest absolute Gasteiger partial charge is 0.480 e. The summed E-state index contributed by atoms with van der Waals surface area (Å²) in [6.07, 6.45) is 6.60. The zero-order chi connectivity index (χ0) is 15.2. The van der Waals surface area contributed by atoms with E-state index in [0.717, 1.165) is 38.5 Å². The van der Waals surface area contributed by atoms with Crippen LogP contribution in [0.15, 0.2) is 0 Å². The maximum atomic E-state index is 12.2. The van der Waals surface area contributed by atoms with Gasteiger partial charge in [0.2, 0.25) is 0 Å². The molecule has 0 spiro atoms. The highest BCUT2D eigenvalue weighted by molar-refractivity contribution is 5.83. The van der Waals surface area contributed by atoms with Crippen LogP contribution in [0, 0.1) is 11.8 Å². The molecule has 1 heterocycles. The Labute approximate surface area is 125 Å². The number of carboxylic acids is 1. The van der Waals surface area contributed by atoms with Crippen LogP contribution in [0.25, 0.3) is 0 Å². The van der Waals surface area contributed by atoms with E-state index in [-0.39, 0.29) is 18.6 Å². The van der Waals surface area contributed by atoms with Gasteiger partial charge in [0.05, 0.1) is 0 Å². The molecule has 0 aromatic carbocycles. The number of carbonyl (C=O) groups excluding carboxylic acids is 1. The minimum absolute atomic E-state index is 0.0519. The number of aliphatic hydroxyl groups excluding tert-OH is 1. The van der Waals surface area contributed by atoms with Crippen molar-refractivity contribution < 1.29 is 19.8 Å². The van der Waals surface area contributed by atoms with Crippen molar-refractivity contribution in [1.82, 2.24) is 10.2 Å². The molecule has 2 fully saturated rings. The fourth-order valence-electron chi connectivity index (χ4n) is 3.51. The fourth-order valence-corrected chi connectivity index (χ4v) is 3.51. The third-order valence-corrected chi connectivity index (χ3v) is 4.78. The van der Waals surface area contributed by atoms with Crippen molar-refractivity contribution in [2.24, 2.45) is 11.8 Å². The highest BCUT2D eigenvalue weighted by Crippen LogP contribution is 2.27. The average molecular weight is 298 g/mol. The van der Waals surface area contributed by atoms with Crippen molar-refractivity contribution in [1.29, 1.82) is 0 Å². The zero-order valence-corrected chi connectivity index (χ0v) is 12.5. The van der Waals surface area contributed by atoms with Gasteiger partial charge in [-0.1, -0.05) is 19.3 Å². The minimum Gasteiger partial charge on any atom is -0.480 e. The molecule has 120 valence electrons. The lowest BCUT2D eigenvalue weighted by atomic mass is 9.84. The average Bonchev–Trinajstić information content (AvgIpc) is 2.94. The molecular weight excluding hydrogens is 272 g/mol. The van der Waals surface area contributed by atoms with Crippen molar-refractivity contribution in [2.45, 2.75) is 51.0 Å². The molecule has 0 aromatic rings. The second kappa shape index (κ2) is 7.64. The van der Waals surface area contributed by atoms with Crippen LogP contribution in [0.3, 0.4) is 0 Å². The number of carbonyl (C=O) groups is 2. The molecule has 6 nitrogen and oxygen atoms in total. The topological polar surface area (TPSA) is 89.9 Å². The summed E-state index contributed by atoms with van der Waals surface area (Å²) >= 11 is 0. The number of urea groups is 1. The van der Waals surface area contributed by atoms with Crippen molar-refractivity contribution in [2.75, 3.05) is 19.7 Å². The van der Waals surface area contributed by atoms with Crippen LogP contribution < -0.4 is 5.32 Å². The van der Waals surface area contributed by atoms with Crippen molar-refractivity contribution in [3.63, 3.8) is 0 Å². The first-order chi connectivity index (χ1) is 10.1. The van der Waals surface area contributed by atoms with Crippen molar-refractivity contribution in [3.05, 3.63) is 0 Å². The van der Waals surface area contributed by atoms with Crippen LogP contribution in [0.2, 0.25) is 0 Å². The minimum atomic E-state index is -0.929. The molecule has 3 N–H and O–H groups in total. The molecule has 2 aliphatic rings. The van der Waals surface area contributed by atoms with E-state index >= 15 is 0 Å². The summed E-state index contributed by atoms with van der Waals surface area (Å²) in [7, 11) is 0. The Morgan fingerprint density at radius 2 is 1.90 bits per heavy atom. The molecule has 2 atom stereocenters. The van der Waals surface area contributed by atoms with Gasteiger partial charge in [0.25, 0.3) is 0 Å². The Kier molecular flexibility index (Phi) is 5.85. The third kappa shape index (κ3) is 4.33. The summed E-state index contributed by atoms with van der Waals surface area (Å²) in [4.78, 5) is 25.4. The van der Waals surface area contributed by atoms with Gasteiger partial charge in [-0.05, 0) is 37.5 Å². The predicted octanol–water partition coefficient (Wildman–Crippen LogP) is 1.43. The van der Waals surface area contributed by atoms with Gasteiger partial charge in [0.1, 0.15) is 6.04 Å². The number of amides is 2. The number of nitrogens with zero attached hydrogens (tertiary/aromatic N) is 1. The molecule has 0 bridgehead atoms. The molecule has 1 saturated heterocycles. The molecule has 0 aromatic heterocycles. The maximum Gasteiger partial charge on any atom is 0.326 e. The van der Waals surface area contributed by atoms with Crippen LogP contribution in [-0.4, -0.2) is 52.9 Å². The lowest BCUT2D eigenvalue weighted by molar-refractivity contribution is -0.141. The summed E-state index contributed by atoms with van der Waals surface area (Å²) in [5.74, 6) is -0.545. The molecule has 0 radical (unpaired) electrons. The van der Waals surface area contributed by atoms with E-state index in [1.165, 1.54) is 0 Å². The Morgan fingerprint density at radius 1 is 1.19 bits per heavy atom. The van der Waals surface area contributed by atoms with Gasteiger partial charge in [-0.25, -0.2) is 9.59 Å². The number of rotatable bonds is 5. The van der Waals surface area contributed by atoms with E-state index in [9.17, 15) is 14.7 Å². The third-order valence-electron chi connectivity index (χ3n) is 4.78. The molecule has 1 aliphatic heterocycles. The maximum absolute atomic E-state index is 12.2. The van der Waals surface area contributed by atoms with Gasteiger partial charge in [-0.2, -0.15) is 0 Å². The van der Waals surface area contributed by atoms with Crippen LogP contribution >= 0.6 is 0 Å². The van der Waals surface area contributed by atoms with Crippen LogP contribution in [0.1, 0.15) is 44.9 Å². The molecule has 1 saturated carbocycles. The lowest BCUT2D eigenvalue weighted by Gasteiger charge is -2.29. The number of aliphatic hydroxyl groups is 1. The monoisotopic (exact) mass is 298 g/mol. The lowest BCUT2D eigenvalue weighted by Crippen LogP contribution is -2.51. The molecule has 2 amide bonds. The number of likely N-dealkylation sites (tertiary alicyclic amines) is 1. The van der Waals surface area contributed by atoms with Crippen molar-refractivity contribution in [3.8, 4) is 0 Å². The number of nitrogens with one attached hydrogen (secondary N) is 1. The standard InChI is InChI=1S/C15H26N2O4/c18-9-7-11-6-8-17(10-11)15(21)16-13(14(19)20)12-4-2-1-3-5-12/h11-13,18H,1-10H2,(H,16,21)(H,19,20). The Morgan fingerprint density at radius 3 is 2.52 bits per heavy atom. The van der Waals surface area contributed by atoms with Gasteiger partial charge in [-0.3, -0.25) is 0 Å². The van der Waals surface area contributed by atoms with E-state index in [1.807, 2.05) is 0 Å². The highest BCUT2D eigenvalue weighted by Gasteiger charge is 2.33. The fraction of sp³-hybridized carbons (Fsp3) is 0.867. The SMILES string of the molecule is O=C(O)C(NC(=O)N1CCC(CCO)C1)C1CCCCC1. The van der Waals surface area contributed by atoms with Crippen LogP contribution in [0.4, 0.5) is 4.79 Å². The van der Waals surface area contributed by atoms with Crippen molar-refractivity contribution >= 4 is 12.0 Å². The number of carboxylic acid groups (broad SMARTS) is 1. The summed E-state index contributed by atoms with van der Waals surface area (Å²) < 4.78 is 0. The van der Waals surface area contributed by atoms with Gasteiger partial charge in [0, 0.05) is 19.7 Å². The quantitative estimate of drug-likeness (QED) is 0.716. The molecular formula is C15H26N2O4. The molecule has 2 unspecified atom stereocenters. The van der Waals surface area contributed by atoms with E-state index < -0.39 is 12.0 Å². The van der Waals surface area contributed by atoms with Gasteiger partial charge in [0.15, 0.2) is 0 Å². The number of aliphatic carboxylic acids is 1. The van der Waals surface area contributed by atoms with E-state index in [2.05, 4.69) is 5.32 Å². The summed E-state index contributed by atoms with van der Waals surface area (Å²) in [5.41, 5.74) is 0. The van der Waals surface area contributed by atoms with Crippen LogP contribution in [-0.2, 0) is 4.79 Å². The van der Waals surface area contributed by atoms with E-state index in [1.54, 1.807) is 4.90 Å². The Bertz CT molecular complexity index is 369. The second-order valence-electron chi connectivity index (χ2n) is 6.28. The van der Waals surface area contributed by atoms with Gasteiger partial charge in [-0.15, -0.1) is 0 Å². The first-order valence-electron chi connectivity index (χ1n) is 8.01. The van der Waals surface area contributed by atoms with Gasteiger partial charge < -0.3 is 20.4 Å². The molecule has 21 heavy (non-hydrogen) atoms. The first kappa shape index (κ1) is 16.1. The predicted molar refractivity (Wildman–Crippen MR) is 77.9 cm³/mol. The smallest absolute Gasteiger partial charge is 0.326 e. The molecule has 1 aliphatic carbocycles. The molecule has 6 heteroatoms. The highest BCUT2D eigenvalue weighted by atomic mass is 16.4. The zero-order valence-electron chi connectivity index (χ0n) is 12.5.